The standard InChI is InChI=1S/C22H31ClN4O5/c1-5-6-11-25-17(23)16(13-28)18(29)27(21(25)32)15-9-7-14(8-10-15)12-26-20(31)24(4)19(30)22(26,2)3/h13-15H,5-12H2,1-4H3. The summed E-state index contributed by atoms with van der Waals surface area (Å²) in [6.07, 6.45) is 4.50. The Labute approximate surface area is 191 Å². The molecular weight excluding hydrogens is 436 g/mol. The number of likely N-dealkylation sites (N-methyl/N-ethyl adjacent to an activating group) is 1. The molecule has 2 aliphatic rings. The summed E-state index contributed by atoms with van der Waals surface area (Å²) in [5.74, 6) is -0.0671. The fourth-order valence-corrected chi connectivity index (χ4v) is 5.06. The van der Waals surface area contributed by atoms with Crippen molar-refractivity contribution in [2.75, 3.05) is 13.6 Å². The zero-order valence-electron chi connectivity index (χ0n) is 19.1. The number of halogens is 1. The molecule has 0 atom stereocenters. The van der Waals surface area contributed by atoms with Gasteiger partial charge in [-0.25, -0.2) is 9.59 Å². The molecule has 1 aliphatic heterocycles. The van der Waals surface area contributed by atoms with E-state index in [4.69, 9.17) is 11.6 Å². The molecule has 1 saturated carbocycles. The average Bonchev–Trinajstić information content (AvgIpc) is 2.90. The number of urea groups is 1. The first kappa shape index (κ1) is 24.2. The van der Waals surface area contributed by atoms with Crippen molar-refractivity contribution in [3.8, 4) is 0 Å². The van der Waals surface area contributed by atoms with E-state index >= 15 is 0 Å². The van der Waals surface area contributed by atoms with Crippen LogP contribution in [0.4, 0.5) is 4.79 Å². The molecule has 9 nitrogen and oxygen atoms in total. The van der Waals surface area contributed by atoms with Gasteiger partial charge in [-0.15, -0.1) is 0 Å². The topological polar surface area (TPSA) is 102 Å². The fourth-order valence-electron chi connectivity index (χ4n) is 4.78. The number of carbonyl (C=O) groups excluding carboxylic acids is 3. The van der Waals surface area contributed by atoms with Gasteiger partial charge < -0.3 is 4.90 Å². The van der Waals surface area contributed by atoms with Gasteiger partial charge in [-0.2, -0.15) is 0 Å². The van der Waals surface area contributed by atoms with E-state index in [2.05, 4.69) is 0 Å². The van der Waals surface area contributed by atoms with Crippen LogP contribution >= 0.6 is 11.6 Å². The van der Waals surface area contributed by atoms with Crippen LogP contribution in [0.2, 0.25) is 5.15 Å². The molecule has 3 amide bonds. The molecule has 1 aromatic heterocycles. The second-order valence-electron chi connectivity index (χ2n) is 9.28. The van der Waals surface area contributed by atoms with Crippen molar-refractivity contribution in [3.63, 3.8) is 0 Å². The van der Waals surface area contributed by atoms with E-state index in [1.54, 1.807) is 18.7 Å². The van der Waals surface area contributed by atoms with Gasteiger partial charge in [0.15, 0.2) is 6.29 Å². The number of aldehydes is 1. The number of nitrogens with zero attached hydrogens (tertiary/aromatic N) is 4. The predicted molar refractivity (Wildman–Crippen MR) is 120 cm³/mol. The highest BCUT2D eigenvalue weighted by Gasteiger charge is 2.50. The van der Waals surface area contributed by atoms with Crippen LogP contribution in [0.3, 0.4) is 0 Å². The number of rotatable bonds is 7. The lowest BCUT2D eigenvalue weighted by Gasteiger charge is -2.35. The minimum absolute atomic E-state index is 0.100. The Morgan fingerprint density at radius 1 is 1.09 bits per heavy atom. The monoisotopic (exact) mass is 466 g/mol. The van der Waals surface area contributed by atoms with E-state index in [1.807, 2.05) is 6.92 Å². The molecule has 1 aliphatic carbocycles. The summed E-state index contributed by atoms with van der Waals surface area (Å²) in [4.78, 5) is 65.1. The quantitative estimate of drug-likeness (QED) is 0.349. The molecule has 1 aromatic rings. The number of aromatic nitrogens is 2. The van der Waals surface area contributed by atoms with Gasteiger partial charge in [0.2, 0.25) is 0 Å². The van der Waals surface area contributed by atoms with Crippen molar-refractivity contribution in [3.05, 3.63) is 31.6 Å². The molecule has 1 saturated heterocycles. The smallest absolute Gasteiger partial charge is 0.310 e. The van der Waals surface area contributed by atoms with E-state index in [0.29, 0.717) is 51.5 Å². The fraction of sp³-hybridized carbons (Fsp3) is 0.682. The third-order valence-corrected chi connectivity index (χ3v) is 7.25. The number of amides is 3. The number of hydrogen-bond donors (Lipinski definition) is 0. The summed E-state index contributed by atoms with van der Waals surface area (Å²) in [6, 6.07) is -0.632. The van der Waals surface area contributed by atoms with Gasteiger partial charge >= 0.3 is 11.7 Å². The summed E-state index contributed by atoms with van der Waals surface area (Å²) in [6.45, 7) is 6.27. The second-order valence-corrected chi connectivity index (χ2v) is 9.63. The summed E-state index contributed by atoms with van der Waals surface area (Å²) >= 11 is 6.20. The third-order valence-electron chi connectivity index (χ3n) is 6.84. The molecule has 0 N–H and O–H groups in total. The first-order chi connectivity index (χ1) is 15.1. The highest BCUT2D eigenvalue weighted by atomic mass is 35.5. The van der Waals surface area contributed by atoms with Crippen molar-refractivity contribution in [2.45, 2.75) is 77.4 Å². The molecule has 32 heavy (non-hydrogen) atoms. The largest absolute Gasteiger partial charge is 0.332 e. The molecule has 10 heteroatoms. The first-order valence-electron chi connectivity index (χ1n) is 11.2. The van der Waals surface area contributed by atoms with Gasteiger partial charge in [-0.3, -0.25) is 28.4 Å². The summed E-state index contributed by atoms with van der Waals surface area (Å²) < 4.78 is 2.50. The highest BCUT2D eigenvalue weighted by Crippen LogP contribution is 2.35. The van der Waals surface area contributed by atoms with E-state index in [-0.39, 0.29) is 34.6 Å². The van der Waals surface area contributed by atoms with Crippen molar-refractivity contribution < 1.29 is 14.4 Å². The molecule has 0 spiro atoms. The second kappa shape index (κ2) is 9.21. The van der Waals surface area contributed by atoms with Crippen LogP contribution in [0.1, 0.15) is 75.7 Å². The molecular formula is C22H31ClN4O5. The number of hydrogen-bond acceptors (Lipinski definition) is 5. The van der Waals surface area contributed by atoms with Crippen molar-refractivity contribution >= 4 is 29.8 Å². The Morgan fingerprint density at radius 3 is 2.22 bits per heavy atom. The van der Waals surface area contributed by atoms with Gasteiger partial charge in [0.25, 0.3) is 11.5 Å². The van der Waals surface area contributed by atoms with Gasteiger partial charge in [-0.05, 0) is 51.9 Å². The van der Waals surface area contributed by atoms with Gasteiger partial charge in [0.05, 0.1) is 0 Å². The van der Waals surface area contributed by atoms with Gasteiger partial charge in [0, 0.05) is 26.2 Å². The first-order valence-corrected chi connectivity index (χ1v) is 11.5. The van der Waals surface area contributed by atoms with Crippen molar-refractivity contribution in [2.24, 2.45) is 5.92 Å². The average molecular weight is 467 g/mol. The maximum Gasteiger partial charge on any atom is 0.332 e. The Morgan fingerprint density at radius 2 is 1.72 bits per heavy atom. The highest BCUT2D eigenvalue weighted by molar-refractivity contribution is 6.31. The van der Waals surface area contributed by atoms with Gasteiger partial charge in [-0.1, -0.05) is 24.9 Å². The minimum Gasteiger partial charge on any atom is -0.310 e. The molecule has 2 heterocycles. The van der Waals surface area contributed by atoms with E-state index in [0.717, 1.165) is 11.3 Å². The summed E-state index contributed by atoms with van der Waals surface area (Å²) in [5.41, 5.74) is -2.20. The third kappa shape index (κ3) is 4.02. The van der Waals surface area contributed by atoms with Crippen LogP contribution in [0.5, 0.6) is 0 Å². The molecule has 0 radical (unpaired) electrons. The molecule has 176 valence electrons. The Bertz CT molecular complexity index is 1040. The lowest BCUT2D eigenvalue weighted by atomic mass is 9.85. The zero-order valence-corrected chi connectivity index (χ0v) is 19.9. The lowest BCUT2D eigenvalue weighted by Crippen LogP contribution is -2.48. The Hall–Kier alpha value is -2.42. The lowest BCUT2D eigenvalue weighted by molar-refractivity contribution is -0.131. The molecule has 0 bridgehead atoms. The minimum atomic E-state index is -0.887. The van der Waals surface area contributed by atoms with Crippen LogP contribution < -0.4 is 11.2 Å². The van der Waals surface area contributed by atoms with Crippen LogP contribution in [-0.4, -0.2) is 56.3 Å². The predicted octanol–water partition coefficient (Wildman–Crippen LogP) is 2.68. The van der Waals surface area contributed by atoms with Crippen molar-refractivity contribution in [1.82, 2.24) is 18.9 Å². The normalized spacial score (nSPS) is 23.2. The van der Waals surface area contributed by atoms with Crippen molar-refractivity contribution in [1.29, 1.82) is 0 Å². The molecule has 0 unspecified atom stereocenters. The SMILES string of the molecule is CCCCn1c(Cl)c(C=O)c(=O)n(C2CCC(CN3C(=O)N(C)C(=O)C3(C)C)CC2)c1=O. The summed E-state index contributed by atoms with van der Waals surface area (Å²) in [5, 5.41) is -0.100. The number of carbonyl (C=O) groups is 3. The molecule has 3 rings (SSSR count). The van der Waals surface area contributed by atoms with Crippen LogP contribution in [-0.2, 0) is 11.3 Å². The van der Waals surface area contributed by atoms with E-state index in [9.17, 15) is 24.0 Å². The maximum absolute atomic E-state index is 13.1. The van der Waals surface area contributed by atoms with E-state index in [1.165, 1.54) is 16.2 Å². The maximum atomic E-state index is 13.1. The van der Waals surface area contributed by atoms with Crippen LogP contribution in [0.25, 0.3) is 0 Å². The molecule has 0 aromatic carbocycles. The van der Waals surface area contributed by atoms with E-state index < -0.39 is 16.8 Å². The van der Waals surface area contributed by atoms with Gasteiger partial charge in [0.1, 0.15) is 16.3 Å². The summed E-state index contributed by atoms with van der Waals surface area (Å²) in [7, 11) is 1.49. The van der Waals surface area contributed by atoms with Crippen LogP contribution in [0.15, 0.2) is 9.59 Å². The van der Waals surface area contributed by atoms with Crippen LogP contribution in [0, 0.1) is 5.92 Å². The number of imide groups is 1. The number of unbranched alkanes of at least 4 members (excludes halogenated alkanes) is 1. The Kier molecular flexibility index (Phi) is 6.97. The zero-order chi connectivity index (χ0) is 23.8. The molecule has 2 fully saturated rings. The Balaban J connectivity index is 1.80.